The number of pyridine rings is 1. The van der Waals surface area contributed by atoms with E-state index in [9.17, 15) is 0 Å². The zero-order chi connectivity index (χ0) is 13.1. The summed E-state index contributed by atoms with van der Waals surface area (Å²) in [6, 6.07) is 5.10. The summed E-state index contributed by atoms with van der Waals surface area (Å²) < 4.78 is 0. The van der Waals surface area contributed by atoms with Gasteiger partial charge in [-0.15, -0.1) is 12.4 Å². The van der Waals surface area contributed by atoms with E-state index in [2.05, 4.69) is 47.8 Å². The van der Waals surface area contributed by atoms with Crippen LogP contribution in [-0.2, 0) is 6.54 Å². The third-order valence-electron chi connectivity index (χ3n) is 3.66. The highest BCUT2D eigenvalue weighted by molar-refractivity contribution is 5.85. The van der Waals surface area contributed by atoms with E-state index in [0.29, 0.717) is 12.1 Å². The Labute approximate surface area is 122 Å². The van der Waals surface area contributed by atoms with Gasteiger partial charge < -0.3 is 10.6 Å². The monoisotopic (exact) mass is 284 g/mol. The molecule has 5 heteroatoms. The molecule has 19 heavy (non-hydrogen) atoms. The van der Waals surface area contributed by atoms with Gasteiger partial charge >= 0.3 is 0 Å². The third-order valence-corrected chi connectivity index (χ3v) is 3.66. The highest BCUT2D eigenvalue weighted by atomic mass is 35.5. The summed E-state index contributed by atoms with van der Waals surface area (Å²) in [7, 11) is 2.08. The lowest BCUT2D eigenvalue weighted by Gasteiger charge is -2.23. The molecule has 1 aromatic rings. The van der Waals surface area contributed by atoms with Crippen LogP contribution in [0, 0.1) is 0 Å². The van der Waals surface area contributed by atoms with Gasteiger partial charge in [0.25, 0.3) is 0 Å². The van der Waals surface area contributed by atoms with Crippen molar-refractivity contribution in [2.75, 3.05) is 25.0 Å². The predicted molar refractivity (Wildman–Crippen MR) is 82.9 cm³/mol. The van der Waals surface area contributed by atoms with Crippen LogP contribution in [0.5, 0.6) is 0 Å². The predicted octanol–water partition coefficient (Wildman–Crippen LogP) is 1.88. The van der Waals surface area contributed by atoms with E-state index in [4.69, 9.17) is 5.73 Å². The van der Waals surface area contributed by atoms with Crippen LogP contribution in [0.25, 0.3) is 0 Å². The zero-order valence-electron chi connectivity index (χ0n) is 12.0. The Morgan fingerprint density at radius 2 is 2.21 bits per heavy atom. The number of rotatable bonds is 4. The average Bonchev–Trinajstić information content (AvgIpc) is 2.75. The van der Waals surface area contributed by atoms with Crippen molar-refractivity contribution in [1.29, 1.82) is 0 Å². The van der Waals surface area contributed by atoms with Gasteiger partial charge in [-0.1, -0.05) is 6.07 Å². The van der Waals surface area contributed by atoms with Gasteiger partial charge in [0, 0.05) is 45.0 Å². The molecule has 2 rings (SSSR count). The molecular weight excluding hydrogens is 260 g/mol. The van der Waals surface area contributed by atoms with Crippen LogP contribution >= 0.6 is 12.4 Å². The second-order valence-corrected chi connectivity index (χ2v) is 5.51. The van der Waals surface area contributed by atoms with Crippen molar-refractivity contribution in [3.63, 3.8) is 0 Å². The normalized spacial score (nSPS) is 19.5. The number of nitrogens with zero attached hydrogens (tertiary/aromatic N) is 3. The first-order valence-electron chi connectivity index (χ1n) is 6.72. The third kappa shape index (κ3) is 4.34. The van der Waals surface area contributed by atoms with Gasteiger partial charge in [0.05, 0.1) is 0 Å². The van der Waals surface area contributed by atoms with Gasteiger partial charge in [-0.2, -0.15) is 0 Å². The summed E-state index contributed by atoms with van der Waals surface area (Å²) >= 11 is 0. The average molecular weight is 285 g/mol. The molecule has 108 valence electrons. The Bertz CT molecular complexity index is 380. The summed E-state index contributed by atoms with van der Waals surface area (Å²) in [4.78, 5) is 9.10. The van der Waals surface area contributed by atoms with Gasteiger partial charge in [-0.05, 0) is 31.9 Å². The summed E-state index contributed by atoms with van der Waals surface area (Å²) in [5, 5.41) is 0. The number of aromatic nitrogens is 1. The van der Waals surface area contributed by atoms with E-state index in [1.165, 1.54) is 5.56 Å². The SMILES string of the molecule is CC(C)N(C)c1ccc(CN2CCC(N)C2)cn1.Cl. The van der Waals surface area contributed by atoms with Crippen molar-refractivity contribution in [3.05, 3.63) is 23.9 Å². The van der Waals surface area contributed by atoms with Crippen molar-refractivity contribution >= 4 is 18.2 Å². The fraction of sp³-hybridized carbons (Fsp3) is 0.643. The molecular formula is C14H25ClN4. The maximum Gasteiger partial charge on any atom is 0.128 e. The second-order valence-electron chi connectivity index (χ2n) is 5.51. The van der Waals surface area contributed by atoms with E-state index in [1.54, 1.807) is 0 Å². The maximum absolute atomic E-state index is 5.91. The maximum atomic E-state index is 5.91. The highest BCUT2D eigenvalue weighted by Gasteiger charge is 2.18. The van der Waals surface area contributed by atoms with Crippen molar-refractivity contribution in [3.8, 4) is 0 Å². The van der Waals surface area contributed by atoms with Crippen LogP contribution in [0.3, 0.4) is 0 Å². The summed E-state index contributed by atoms with van der Waals surface area (Å²) in [6.07, 6.45) is 3.10. The molecule has 0 amide bonds. The minimum atomic E-state index is 0. The van der Waals surface area contributed by atoms with E-state index in [1.807, 2.05) is 6.20 Å². The van der Waals surface area contributed by atoms with Crippen LogP contribution < -0.4 is 10.6 Å². The van der Waals surface area contributed by atoms with Gasteiger partial charge in [0.2, 0.25) is 0 Å². The molecule has 2 heterocycles. The number of hydrogen-bond acceptors (Lipinski definition) is 4. The molecule has 1 aliphatic rings. The Morgan fingerprint density at radius 1 is 1.47 bits per heavy atom. The van der Waals surface area contributed by atoms with Gasteiger partial charge in [-0.25, -0.2) is 4.98 Å². The highest BCUT2D eigenvalue weighted by Crippen LogP contribution is 2.15. The number of nitrogens with two attached hydrogens (primary N) is 1. The van der Waals surface area contributed by atoms with Crippen LogP contribution in [0.2, 0.25) is 0 Å². The molecule has 1 aromatic heterocycles. The summed E-state index contributed by atoms with van der Waals surface area (Å²) in [5.74, 6) is 1.03. The van der Waals surface area contributed by atoms with Crippen molar-refractivity contribution < 1.29 is 0 Å². The van der Waals surface area contributed by atoms with E-state index in [0.717, 1.165) is 31.9 Å². The first-order valence-corrected chi connectivity index (χ1v) is 6.72. The Balaban J connectivity index is 0.00000180. The van der Waals surface area contributed by atoms with E-state index < -0.39 is 0 Å². The summed E-state index contributed by atoms with van der Waals surface area (Å²) in [5.41, 5.74) is 7.18. The van der Waals surface area contributed by atoms with Crippen molar-refractivity contribution in [1.82, 2.24) is 9.88 Å². The topological polar surface area (TPSA) is 45.4 Å². The van der Waals surface area contributed by atoms with Crippen LogP contribution in [-0.4, -0.2) is 42.1 Å². The molecule has 0 bridgehead atoms. The first-order chi connectivity index (χ1) is 8.56. The number of halogens is 1. The molecule has 0 aliphatic carbocycles. The van der Waals surface area contributed by atoms with E-state index in [-0.39, 0.29) is 12.4 Å². The number of hydrogen-bond donors (Lipinski definition) is 1. The minimum Gasteiger partial charge on any atom is -0.357 e. The molecule has 1 saturated heterocycles. The first kappa shape index (κ1) is 16.2. The standard InChI is InChI=1S/C14H24N4.ClH/c1-11(2)17(3)14-5-4-12(8-16-14)9-18-7-6-13(15)10-18;/h4-5,8,11,13H,6-7,9-10,15H2,1-3H3;1H. The number of likely N-dealkylation sites (tertiary alicyclic amines) is 1. The lowest BCUT2D eigenvalue weighted by molar-refractivity contribution is 0.326. The van der Waals surface area contributed by atoms with Gasteiger partial charge in [-0.3, -0.25) is 4.90 Å². The molecule has 1 atom stereocenters. The lowest BCUT2D eigenvalue weighted by Crippen LogP contribution is -2.27. The molecule has 0 spiro atoms. The molecule has 1 unspecified atom stereocenters. The molecule has 1 aliphatic heterocycles. The van der Waals surface area contributed by atoms with Crippen LogP contribution in [0.4, 0.5) is 5.82 Å². The largest absolute Gasteiger partial charge is 0.357 e. The number of anilines is 1. The fourth-order valence-corrected chi connectivity index (χ4v) is 2.25. The van der Waals surface area contributed by atoms with E-state index >= 15 is 0 Å². The molecule has 1 fully saturated rings. The molecule has 4 nitrogen and oxygen atoms in total. The second kappa shape index (κ2) is 7.08. The van der Waals surface area contributed by atoms with Crippen molar-refractivity contribution in [2.24, 2.45) is 5.73 Å². The minimum absolute atomic E-state index is 0. The molecule has 0 saturated carbocycles. The van der Waals surface area contributed by atoms with Gasteiger partial charge in [0.1, 0.15) is 5.82 Å². The Morgan fingerprint density at radius 3 is 2.68 bits per heavy atom. The molecule has 2 N–H and O–H groups in total. The van der Waals surface area contributed by atoms with Crippen molar-refractivity contribution in [2.45, 2.75) is 38.9 Å². The quantitative estimate of drug-likeness (QED) is 0.917. The lowest BCUT2D eigenvalue weighted by atomic mass is 10.2. The summed E-state index contributed by atoms with van der Waals surface area (Å²) in [6.45, 7) is 7.41. The molecule has 0 radical (unpaired) electrons. The Hall–Kier alpha value is -0.840. The smallest absolute Gasteiger partial charge is 0.128 e. The molecule has 0 aromatic carbocycles. The fourth-order valence-electron chi connectivity index (χ4n) is 2.25. The zero-order valence-corrected chi connectivity index (χ0v) is 12.9. The van der Waals surface area contributed by atoms with Gasteiger partial charge in [0.15, 0.2) is 0 Å². The Kier molecular flexibility index (Phi) is 6.04. The van der Waals surface area contributed by atoms with Crippen LogP contribution in [0.15, 0.2) is 18.3 Å². The van der Waals surface area contributed by atoms with Crippen LogP contribution in [0.1, 0.15) is 25.8 Å².